The lowest BCUT2D eigenvalue weighted by Gasteiger charge is -2.08. The third kappa shape index (κ3) is 6.66. The Labute approximate surface area is 204 Å². The van der Waals surface area contributed by atoms with Crippen LogP contribution in [0.1, 0.15) is 43.0 Å². The van der Waals surface area contributed by atoms with Gasteiger partial charge in [0.05, 0.1) is 11.1 Å². The van der Waals surface area contributed by atoms with Crippen LogP contribution in [-0.4, -0.2) is 23.3 Å². The molecule has 5 heteroatoms. The molecule has 4 aromatic rings. The van der Waals surface area contributed by atoms with Gasteiger partial charge in [-0.15, -0.1) is 0 Å². The van der Waals surface area contributed by atoms with Crippen LogP contribution in [0.5, 0.6) is 11.5 Å². The monoisotopic (exact) mass is 463 g/mol. The maximum absolute atomic E-state index is 12.4. The average Bonchev–Trinajstić information content (AvgIpc) is 2.88. The summed E-state index contributed by atoms with van der Waals surface area (Å²) in [6, 6.07) is 30.1. The van der Waals surface area contributed by atoms with E-state index in [1.165, 1.54) is 6.07 Å². The second-order valence-electron chi connectivity index (χ2n) is 7.85. The van der Waals surface area contributed by atoms with E-state index in [-0.39, 0.29) is 23.9 Å². The minimum Gasteiger partial charge on any atom is -0.507 e. The van der Waals surface area contributed by atoms with Crippen LogP contribution in [-0.2, 0) is 0 Å². The lowest BCUT2D eigenvalue weighted by molar-refractivity contribution is 0.102. The van der Waals surface area contributed by atoms with Gasteiger partial charge in [0.15, 0.2) is 18.2 Å². The number of aryl methyl sites for hydroxylation is 2. The lowest BCUT2D eigenvalue weighted by atomic mass is 10.0. The molecule has 0 radical (unpaired) electrons. The second-order valence-corrected chi connectivity index (χ2v) is 7.85. The molecule has 5 nitrogen and oxygen atoms in total. The quantitative estimate of drug-likeness (QED) is 0.351. The summed E-state index contributed by atoms with van der Waals surface area (Å²) in [5, 5.41) is 18.1. The van der Waals surface area contributed by atoms with Crippen LogP contribution in [0.25, 0.3) is 0 Å². The number of benzene rings is 4. The summed E-state index contributed by atoms with van der Waals surface area (Å²) < 4.78 is 5.27. The van der Waals surface area contributed by atoms with Gasteiger partial charge in [0.25, 0.3) is 0 Å². The zero-order valence-corrected chi connectivity index (χ0v) is 19.6. The van der Waals surface area contributed by atoms with E-state index >= 15 is 0 Å². The van der Waals surface area contributed by atoms with E-state index in [4.69, 9.17) is 10.00 Å². The Balaban J connectivity index is 0.000000198. The van der Waals surface area contributed by atoms with Gasteiger partial charge in [0, 0.05) is 11.1 Å². The fourth-order valence-electron chi connectivity index (χ4n) is 3.28. The Morgan fingerprint density at radius 3 is 1.69 bits per heavy atom. The van der Waals surface area contributed by atoms with Gasteiger partial charge in [0.1, 0.15) is 17.6 Å². The number of para-hydroxylation sites is 2. The molecular formula is C30H25NO4. The van der Waals surface area contributed by atoms with Gasteiger partial charge in [-0.25, -0.2) is 0 Å². The number of phenolic OH excluding ortho intramolecular Hbond substituents is 1. The topological polar surface area (TPSA) is 87.4 Å². The van der Waals surface area contributed by atoms with Gasteiger partial charge in [-0.2, -0.15) is 5.26 Å². The Kier molecular flexibility index (Phi) is 8.53. The van der Waals surface area contributed by atoms with Crippen LogP contribution < -0.4 is 4.74 Å². The van der Waals surface area contributed by atoms with Crippen molar-refractivity contribution in [2.24, 2.45) is 0 Å². The van der Waals surface area contributed by atoms with Crippen molar-refractivity contribution in [3.8, 4) is 17.6 Å². The van der Waals surface area contributed by atoms with E-state index in [2.05, 4.69) is 0 Å². The Morgan fingerprint density at radius 1 is 0.714 bits per heavy atom. The largest absolute Gasteiger partial charge is 0.507 e. The number of rotatable bonds is 6. The van der Waals surface area contributed by atoms with Crippen LogP contribution in [0.4, 0.5) is 0 Å². The molecule has 0 aliphatic carbocycles. The maximum Gasteiger partial charge on any atom is 0.196 e. The first-order chi connectivity index (χ1) is 16.9. The van der Waals surface area contributed by atoms with Gasteiger partial charge < -0.3 is 9.84 Å². The number of ketones is 2. The van der Waals surface area contributed by atoms with Gasteiger partial charge in [-0.1, -0.05) is 83.9 Å². The van der Waals surface area contributed by atoms with Crippen molar-refractivity contribution >= 4 is 11.6 Å². The van der Waals surface area contributed by atoms with Crippen LogP contribution in [0.15, 0.2) is 97.1 Å². The van der Waals surface area contributed by atoms with Crippen molar-refractivity contribution in [3.63, 3.8) is 0 Å². The number of nitrogens with zero attached hydrogens (tertiary/aromatic N) is 1. The molecule has 1 N–H and O–H groups in total. The summed E-state index contributed by atoms with van der Waals surface area (Å²) >= 11 is 0. The SMILES string of the molecule is Cc1ccc(C(=O)c2ccccc2O)cc1.Cc1ccc(C(=O)c2ccccc2OCC#N)cc1. The first-order valence-corrected chi connectivity index (χ1v) is 11.0. The van der Waals surface area contributed by atoms with Crippen molar-refractivity contribution in [3.05, 3.63) is 130 Å². The Morgan fingerprint density at radius 2 is 1.17 bits per heavy atom. The average molecular weight is 464 g/mol. The smallest absolute Gasteiger partial charge is 0.196 e. The predicted octanol–water partition coefficient (Wildman–Crippen LogP) is 6.06. The molecule has 0 heterocycles. The van der Waals surface area contributed by atoms with E-state index in [1.807, 2.05) is 44.2 Å². The summed E-state index contributed by atoms with van der Waals surface area (Å²) in [5.41, 5.74) is 4.22. The number of phenols is 1. The van der Waals surface area contributed by atoms with E-state index in [9.17, 15) is 14.7 Å². The molecule has 0 spiro atoms. The summed E-state index contributed by atoms with van der Waals surface area (Å²) in [6.45, 7) is 3.87. The highest BCUT2D eigenvalue weighted by Gasteiger charge is 2.14. The number of hydrogen-bond donors (Lipinski definition) is 1. The standard InChI is InChI=1S/C16H13NO2.C14H12O2/c1-12-6-8-13(9-7-12)16(18)14-4-2-3-5-15(14)19-11-10-17;1-10-6-8-11(9-7-10)14(16)12-4-2-3-5-13(12)15/h2-9H,11H2,1H3;2-9,15H,1H3. The molecule has 0 aliphatic heterocycles. The lowest BCUT2D eigenvalue weighted by Crippen LogP contribution is -2.05. The Bertz CT molecular complexity index is 1350. The fourth-order valence-corrected chi connectivity index (χ4v) is 3.28. The molecule has 0 aliphatic rings. The zero-order valence-electron chi connectivity index (χ0n) is 19.6. The number of carbonyl (C=O) groups is 2. The molecule has 0 amide bonds. The van der Waals surface area contributed by atoms with E-state index in [0.29, 0.717) is 28.0 Å². The zero-order chi connectivity index (χ0) is 25.2. The molecular weight excluding hydrogens is 438 g/mol. The van der Waals surface area contributed by atoms with Gasteiger partial charge >= 0.3 is 0 Å². The molecule has 4 rings (SSSR count). The first kappa shape index (κ1) is 24.9. The minimum absolute atomic E-state index is 0.0214. The second kappa shape index (κ2) is 12.0. The third-order valence-corrected chi connectivity index (χ3v) is 5.20. The fraction of sp³-hybridized carbons (Fsp3) is 0.100. The van der Waals surface area contributed by atoms with Crippen molar-refractivity contribution in [1.29, 1.82) is 5.26 Å². The van der Waals surface area contributed by atoms with E-state index in [0.717, 1.165) is 11.1 Å². The molecule has 0 aromatic heterocycles. The predicted molar refractivity (Wildman–Crippen MR) is 135 cm³/mol. The van der Waals surface area contributed by atoms with Crippen molar-refractivity contribution in [2.75, 3.05) is 6.61 Å². The van der Waals surface area contributed by atoms with Gasteiger partial charge in [-0.3, -0.25) is 9.59 Å². The first-order valence-electron chi connectivity index (χ1n) is 11.0. The summed E-state index contributed by atoms with van der Waals surface area (Å²) in [5.74, 6) is 0.203. The third-order valence-electron chi connectivity index (χ3n) is 5.20. The molecule has 0 bridgehead atoms. The van der Waals surface area contributed by atoms with Crippen LogP contribution >= 0.6 is 0 Å². The summed E-state index contributed by atoms with van der Waals surface area (Å²) in [7, 11) is 0. The Hall–Kier alpha value is -4.69. The summed E-state index contributed by atoms with van der Waals surface area (Å²) in [6.07, 6.45) is 0. The van der Waals surface area contributed by atoms with Crippen LogP contribution in [0, 0.1) is 25.2 Å². The number of carbonyl (C=O) groups excluding carboxylic acids is 2. The highest BCUT2D eigenvalue weighted by molar-refractivity contribution is 6.11. The van der Waals surface area contributed by atoms with E-state index in [1.54, 1.807) is 66.7 Å². The van der Waals surface area contributed by atoms with Crippen molar-refractivity contribution in [1.82, 2.24) is 0 Å². The van der Waals surface area contributed by atoms with Crippen molar-refractivity contribution < 1.29 is 19.4 Å². The highest BCUT2D eigenvalue weighted by atomic mass is 16.5. The van der Waals surface area contributed by atoms with Crippen LogP contribution in [0.3, 0.4) is 0 Å². The van der Waals surface area contributed by atoms with Crippen molar-refractivity contribution in [2.45, 2.75) is 13.8 Å². The van der Waals surface area contributed by atoms with E-state index < -0.39 is 0 Å². The molecule has 0 fully saturated rings. The maximum atomic E-state index is 12.4. The molecule has 4 aromatic carbocycles. The molecule has 35 heavy (non-hydrogen) atoms. The number of ether oxygens (including phenoxy) is 1. The molecule has 0 saturated heterocycles. The van der Waals surface area contributed by atoms with Crippen LogP contribution in [0.2, 0.25) is 0 Å². The molecule has 0 atom stereocenters. The molecule has 0 unspecified atom stereocenters. The molecule has 0 saturated carbocycles. The number of hydrogen-bond acceptors (Lipinski definition) is 5. The van der Waals surface area contributed by atoms with Gasteiger partial charge in [-0.05, 0) is 38.1 Å². The van der Waals surface area contributed by atoms with Gasteiger partial charge in [0.2, 0.25) is 0 Å². The molecule has 174 valence electrons. The summed E-state index contributed by atoms with van der Waals surface area (Å²) in [4.78, 5) is 24.4. The highest BCUT2D eigenvalue weighted by Crippen LogP contribution is 2.22. The normalized spacial score (nSPS) is 9.86. The minimum atomic E-state index is -0.155. The number of nitriles is 1. The number of aromatic hydroxyl groups is 1.